The molecule has 5 heteroatoms. The summed E-state index contributed by atoms with van der Waals surface area (Å²) in [5.41, 5.74) is 1.53. The highest BCUT2D eigenvalue weighted by Gasteiger charge is 2.03. The maximum absolute atomic E-state index is 11.9. The summed E-state index contributed by atoms with van der Waals surface area (Å²) in [7, 11) is 0. The van der Waals surface area contributed by atoms with Gasteiger partial charge in [-0.3, -0.25) is 4.79 Å². The Morgan fingerprint density at radius 1 is 1.27 bits per heavy atom. The normalized spacial score (nSPS) is 10.7. The zero-order valence-corrected chi connectivity index (χ0v) is 14.3. The molecular weight excluding hydrogens is 366 g/mol. The number of carbonyl (C=O) groups excluding carboxylic acids is 1. The summed E-state index contributed by atoms with van der Waals surface area (Å²) in [5.74, 6) is 0.519. The predicted octanol–water partition coefficient (Wildman–Crippen LogP) is 5.15. The van der Waals surface area contributed by atoms with E-state index in [1.54, 1.807) is 30.3 Å². The number of benzene rings is 2. The van der Waals surface area contributed by atoms with Crippen molar-refractivity contribution in [3.63, 3.8) is 0 Å². The van der Waals surface area contributed by atoms with Gasteiger partial charge in [0.2, 0.25) is 5.91 Å². The molecule has 0 fully saturated rings. The van der Waals surface area contributed by atoms with Crippen LogP contribution in [0.1, 0.15) is 12.5 Å². The molecule has 0 aliphatic carbocycles. The monoisotopic (exact) mass is 379 g/mol. The van der Waals surface area contributed by atoms with E-state index in [9.17, 15) is 4.79 Å². The first-order valence-corrected chi connectivity index (χ1v) is 7.92. The van der Waals surface area contributed by atoms with Crippen LogP contribution in [0.2, 0.25) is 5.02 Å². The summed E-state index contributed by atoms with van der Waals surface area (Å²) in [5, 5.41) is 3.40. The largest absolute Gasteiger partial charge is 0.493 e. The third-order valence-corrected chi connectivity index (χ3v) is 3.54. The van der Waals surface area contributed by atoms with Gasteiger partial charge < -0.3 is 10.1 Å². The number of hydrogen-bond donors (Lipinski definition) is 1. The molecule has 114 valence electrons. The van der Waals surface area contributed by atoms with Crippen molar-refractivity contribution in [3.05, 3.63) is 63.6 Å². The number of ether oxygens (including phenoxy) is 1. The van der Waals surface area contributed by atoms with Gasteiger partial charge in [0.15, 0.2) is 0 Å². The SMILES string of the molecule is CCOc1ccc(Br)cc1C=CC(=O)Nc1ccc(Cl)cc1. The molecule has 3 nitrogen and oxygen atoms in total. The van der Waals surface area contributed by atoms with E-state index in [1.807, 2.05) is 25.1 Å². The molecule has 0 aliphatic rings. The summed E-state index contributed by atoms with van der Waals surface area (Å²) in [6, 6.07) is 12.6. The second kappa shape index (κ2) is 8.01. The average molecular weight is 381 g/mol. The van der Waals surface area contributed by atoms with Crippen LogP contribution in [0.15, 0.2) is 53.0 Å². The Balaban J connectivity index is 2.09. The fourth-order valence-electron chi connectivity index (χ4n) is 1.82. The summed E-state index contributed by atoms with van der Waals surface area (Å²) in [6.45, 7) is 2.49. The molecule has 0 aromatic heterocycles. The van der Waals surface area contributed by atoms with E-state index in [4.69, 9.17) is 16.3 Å². The maximum atomic E-state index is 11.9. The molecule has 22 heavy (non-hydrogen) atoms. The lowest BCUT2D eigenvalue weighted by Gasteiger charge is -2.07. The van der Waals surface area contributed by atoms with Crippen molar-refractivity contribution < 1.29 is 9.53 Å². The minimum Gasteiger partial charge on any atom is -0.493 e. The van der Waals surface area contributed by atoms with Crippen LogP contribution >= 0.6 is 27.5 Å². The molecule has 0 heterocycles. The van der Waals surface area contributed by atoms with Crippen LogP contribution < -0.4 is 10.1 Å². The second-order valence-electron chi connectivity index (χ2n) is 4.44. The Labute approximate surface area is 143 Å². The quantitative estimate of drug-likeness (QED) is 0.728. The van der Waals surface area contributed by atoms with Gasteiger partial charge in [-0.25, -0.2) is 0 Å². The Hall–Kier alpha value is -1.78. The van der Waals surface area contributed by atoms with Gasteiger partial charge in [0, 0.05) is 26.8 Å². The van der Waals surface area contributed by atoms with Crippen molar-refractivity contribution in [2.75, 3.05) is 11.9 Å². The Morgan fingerprint density at radius 2 is 2.00 bits per heavy atom. The van der Waals surface area contributed by atoms with Gasteiger partial charge in [0.05, 0.1) is 6.61 Å². The molecule has 0 bridgehead atoms. The summed E-state index contributed by atoms with van der Waals surface area (Å²) < 4.78 is 6.46. The van der Waals surface area contributed by atoms with Gasteiger partial charge in [0.25, 0.3) is 0 Å². The van der Waals surface area contributed by atoms with E-state index < -0.39 is 0 Å². The van der Waals surface area contributed by atoms with Crippen molar-refractivity contribution in [1.29, 1.82) is 0 Å². The first kappa shape index (κ1) is 16.6. The van der Waals surface area contributed by atoms with Gasteiger partial charge in [-0.15, -0.1) is 0 Å². The van der Waals surface area contributed by atoms with Crippen LogP contribution in [0.4, 0.5) is 5.69 Å². The highest BCUT2D eigenvalue weighted by molar-refractivity contribution is 9.10. The van der Waals surface area contributed by atoms with Gasteiger partial charge in [-0.05, 0) is 55.5 Å². The van der Waals surface area contributed by atoms with Crippen molar-refractivity contribution in [2.24, 2.45) is 0 Å². The minimum atomic E-state index is -0.218. The van der Waals surface area contributed by atoms with E-state index in [2.05, 4.69) is 21.2 Å². The Kier molecular flexibility index (Phi) is 6.04. The number of hydrogen-bond acceptors (Lipinski definition) is 2. The van der Waals surface area contributed by atoms with Crippen LogP contribution in [0, 0.1) is 0 Å². The Bertz CT molecular complexity index is 684. The van der Waals surface area contributed by atoms with Crippen LogP contribution in [-0.4, -0.2) is 12.5 Å². The van der Waals surface area contributed by atoms with E-state index >= 15 is 0 Å². The van der Waals surface area contributed by atoms with Gasteiger partial charge in [-0.1, -0.05) is 27.5 Å². The van der Waals surface area contributed by atoms with E-state index in [-0.39, 0.29) is 5.91 Å². The zero-order valence-electron chi connectivity index (χ0n) is 12.0. The number of rotatable bonds is 5. The first-order chi connectivity index (χ1) is 10.6. The van der Waals surface area contributed by atoms with Crippen LogP contribution in [0.5, 0.6) is 5.75 Å². The van der Waals surface area contributed by atoms with E-state index in [0.29, 0.717) is 17.3 Å². The number of nitrogens with one attached hydrogen (secondary N) is 1. The van der Waals surface area contributed by atoms with E-state index in [1.165, 1.54) is 6.08 Å². The molecule has 2 aromatic carbocycles. The fraction of sp³-hybridized carbons (Fsp3) is 0.118. The van der Waals surface area contributed by atoms with Gasteiger partial charge >= 0.3 is 0 Å². The summed E-state index contributed by atoms with van der Waals surface area (Å²) >= 11 is 9.22. The van der Waals surface area contributed by atoms with Crippen LogP contribution in [0.25, 0.3) is 6.08 Å². The minimum absolute atomic E-state index is 0.218. The molecule has 2 rings (SSSR count). The number of halogens is 2. The number of anilines is 1. The molecule has 0 unspecified atom stereocenters. The molecule has 0 radical (unpaired) electrons. The maximum Gasteiger partial charge on any atom is 0.248 e. The number of carbonyl (C=O) groups is 1. The molecule has 2 aromatic rings. The smallest absolute Gasteiger partial charge is 0.248 e. The first-order valence-electron chi connectivity index (χ1n) is 6.75. The topological polar surface area (TPSA) is 38.3 Å². The molecule has 0 saturated heterocycles. The third kappa shape index (κ3) is 4.90. The lowest BCUT2D eigenvalue weighted by Crippen LogP contribution is -2.07. The molecule has 0 aliphatic heterocycles. The standard InChI is InChI=1S/C17H15BrClNO2/c1-2-22-16-9-4-13(18)11-12(16)3-10-17(21)20-15-7-5-14(19)6-8-15/h3-11H,2H2,1H3,(H,20,21). The molecule has 0 spiro atoms. The van der Waals surface area contributed by atoms with Gasteiger partial charge in [-0.2, -0.15) is 0 Å². The lowest BCUT2D eigenvalue weighted by atomic mass is 10.2. The molecule has 0 saturated carbocycles. The molecular formula is C17H15BrClNO2. The van der Waals surface area contributed by atoms with Crippen LogP contribution in [-0.2, 0) is 4.79 Å². The number of amides is 1. The Morgan fingerprint density at radius 3 is 2.68 bits per heavy atom. The fourth-order valence-corrected chi connectivity index (χ4v) is 2.32. The highest BCUT2D eigenvalue weighted by atomic mass is 79.9. The lowest BCUT2D eigenvalue weighted by molar-refractivity contribution is -0.111. The third-order valence-electron chi connectivity index (χ3n) is 2.80. The molecule has 0 atom stereocenters. The highest BCUT2D eigenvalue weighted by Crippen LogP contribution is 2.24. The zero-order chi connectivity index (χ0) is 15.9. The predicted molar refractivity (Wildman–Crippen MR) is 94.4 cm³/mol. The summed E-state index contributed by atoms with van der Waals surface area (Å²) in [4.78, 5) is 11.9. The van der Waals surface area contributed by atoms with Crippen molar-refractivity contribution in [2.45, 2.75) is 6.92 Å². The van der Waals surface area contributed by atoms with Gasteiger partial charge in [0.1, 0.15) is 5.75 Å². The summed E-state index contributed by atoms with van der Waals surface area (Å²) in [6.07, 6.45) is 3.19. The second-order valence-corrected chi connectivity index (χ2v) is 5.80. The van der Waals surface area contributed by atoms with E-state index in [0.717, 1.165) is 15.8 Å². The van der Waals surface area contributed by atoms with Crippen molar-refractivity contribution in [1.82, 2.24) is 0 Å². The average Bonchev–Trinajstić information content (AvgIpc) is 2.50. The van der Waals surface area contributed by atoms with Crippen molar-refractivity contribution in [3.8, 4) is 5.75 Å². The molecule has 1 N–H and O–H groups in total. The van der Waals surface area contributed by atoms with Crippen molar-refractivity contribution >= 4 is 45.2 Å². The molecule has 1 amide bonds. The van der Waals surface area contributed by atoms with Crippen LogP contribution in [0.3, 0.4) is 0 Å².